The van der Waals surface area contributed by atoms with Gasteiger partial charge in [-0.15, -0.1) is 5.10 Å². The molecule has 2 amide bonds. The van der Waals surface area contributed by atoms with Crippen molar-refractivity contribution in [1.29, 1.82) is 0 Å². The van der Waals surface area contributed by atoms with Crippen LogP contribution in [0.3, 0.4) is 0 Å². The zero-order chi connectivity index (χ0) is 36.6. The number of hydrogen-bond donors (Lipinski definition) is 2. The van der Waals surface area contributed by atoms with Crippen LogP contribution < -0.4 is 10.9 Å². The fourth-order valence-corrected chi connectivity index (χ4v) is 6.53. The highest BCUT2D eigenvalue weighted by atomic mass is 35.5. The average molecular weight is 727 g/mol. The Morgan fingerprint density at radius 2 is 2.00 bits per heavy atom. The zero-order valence-corrected chi connectivity index (χ0v) is 28.7. The Balaban J connectivity index is 1.41. The molecule has 5 heterocycles. The van der Waals surface area contributed by atoms with Crippen molar-refractivity contribution in [2.24, 2.45) is 0 Å². The van der Waals surface area contributed by atoms with Gasteiger partial charge in [0.15, 0.2) is 17.3 Å². The summed E-state index contributed by atoms with van der Waals surface area (Å²) in [6, 6.07) is 2.38. The molecule has 2 aliphatic rings. The van der Waals surface area contributed by atoms with Crippen LogP contribution in [0, 0.1) is 6.92 Å². The number of halogens is 4. The molecule has 1 atom stereocenters. The molecule has 4 aromatic rings. The zero-order valence-electron chi connectivity index (χ0n) is 27.9. The number of rotatable bonds is 8. The number of carbonyl (C=O) groups is 2. The number of amides is 2. The lowest BCUT2D eigenvalue weighted by Crippen LogP contribution is -2.35. The van der Waals surface area contributed by atoms with E-state index in [1.165, 1.54) is 6.33 Å². The molecule has 0 saturated carbocycles. The maximum Gasteiger partial charge on any atom is 0.416 e. The lowest BCUT2D eigenvalue weighted by atomic mass is 10.0. The van der Waals surface area contributed by atoms with Crippen molar-refractivity contribution in [2.45, 2.75) is 65.2 Å². The summed E-state index contributed by atoms with van der Waals surface area (Å²) in [6.07, 6.45) is 1.96. The molecule has 2 N–H and O–H groups in total. The Kier molecular flexibility index (Phi) is 9.99. The van der Waals surface area contributed by atoms with Gasteiger partial charge in [-0.05, 0) is 68.0 Å². The molecule has 1 fully saturated rings. The van der Waals surface area contributed by atoms with Crippen molar-refractivity contribution < 1.29 is 32.6 Å². The van der Waals surface area contributed by atoms with Gasteiger partial charge in [-0.1, -0.05) is 31.5 Å². The van der Waals surface area contributed by atoms with Crippen molar-refractivity contribution in [2.75, 3.05) is 25.1 Å². The first-order valence-corrected chi connectivity index (χ1v) is 16.7. The van der Waals surface area contributed by atoms with E-state index in [0.717, 1.165) is 33.9 Å². The highest BCUT2D eigenvalue weighted by molar-refractivity contribution is 6.33. The topological polar surface area (TPSA) is 157 Å². The molecule has 13 nitrogen and oxygen atoms in total. The predicted molar refractivity (Wildman–Crippen MR) is 181 cm³/mol. The standard InChI is InChI=1S/C34H34ClF3N8O5/c1-4-22-12-19(15-44(22)32(50)28-29(48)18(3)39-17-40-28)13-23-26(5-2)45(16-27(47)41-25-7-6-21(14-24(25)35)34(36,37)38)33-42-30(43-46(33)31(23)49)20-8-10-51-11-9-20/h6-8,13-14,17,22,48H,4-5,9-12,15-16H2,1-3H3,(H,41,47)/b19-13+/t22-/m1/s1. The van der Waals surface area contributed by atoms with Crippen LogP contribution in [0.1, 0.15) is 71.9 Å². The number of likely N-dealkylation sites (tertiary alicyclic amines) is 1. The molecule has 0 spiro atoms. The summed E-state index contributed by atoms with van der Waals surface area (Å²) in [4.78, 5) is 55.4. The molecule has 0 aliphatic carbocycles. The van der Waals surface area contributed by atoms with E-state index in [2.05, 4.69) is 25.4 Å². The molecular formula is C34H34ClF3N8O5. The number of anilines is 1. The minimum absolute atomic E-state index is 0.0205. The Labute approximate surface area is 294 Å². The summed E-state index contributed by atoms with van der Waals surface area (Å²) < 4.78 is 47.7. The van der Waals surface area contributed by atoms with E-state index in [1.54, 1.807) is 22.5 Å². The van der Waals surface area contributed by atoms with Crippen molar-refractivity contribution in [3.8, 4) is 5.75 Å². The molecule has 268 valence electrons. The third kappa shape index (κ3) is 7.10. The van der Waals surface area contributed by atoms with Gasteiger partial charge in [0.25, 0.3) is 11.5 Å². The van der Waals surface area contributed by atoms with Crippen LogP contribution in [0.4, 0.5) is 18.9 Å². The highest BCUT2D eigenvalue weighted by Gasteiger charge is 2.34. The van der Waals surface area contributed by atoms with Crippen LogP contribution >= 0.6 is 11.6 Å². The van der Waals surface area contributed by atoms with Crippen molar-refractivity contribution in [3.05, 3.63) is 85.6 Å². The smallest absolute Gasteiger partial charge is 0.416 e. The second-order valence-corrected chi connectivity index (χ2v) is 12.6. The first-order valence-electron chi connectivity index (χ1n) is 16.3. The molecule has 17 heteroatoms. The van der Waals surface area contributed by atoms with E-state index in [9.17, 15) is 32.7 Å². The maximum absolute atomic E-state index is 14.2. The Morgan fingerprint density at radius 1 is 1.22 bits per heavy atom. The maximum atomic E-state index is 14.2. The molecule has 1 aromatic carbocycles. The number of carbonyl (C=O) groups excluding carboxylic acids is 2. The number of aromatic hydroxyl groups is 1. The van der Waals surface area contributed by atoms with Crippen LogP contribution in [0.5, 0.6) is 5.75 Å². The summed E-state index contributed by atoms with van der Waals surface area (Å²) in [6.45, 7) is 5.88. The van der Waals surface area contributed by atoms with Crippen molar-refractivity contribution in [1.82, 2.24) is 34.0 Å². The van der Waals surface area contributed by atoms with Gasteiger partial charge in [-0.25, -0.2) is 9.97 Å². The van der Waals surface area contributed by atoms with Crippen molar-refractivity contribution >= 4 is 46.5 Å². The molecule has 6 rings (SSSR count). The Hall–Kier alpha value is -5.09. The number of alkyl halides is 3. The molecule has 1 saturated heterocycles. The minimum atomic E-state index is -4.61. The molecular weight excluding hydrogens is 693 g/mol. The number of hydrogen-bond acceptors (Lipinski definition) is 9. The number of aryl methyl sites for hydroxylation is 1. The van der Waals surface area contributed by atoms with Gasteiger partial charge in [0.1, 0.15) is 12.9 Å². The number of fused-ring (bicyclic) bond motifs is 1. The lowest BCUT2D eigenvalue weighted by molar-refractivity contribution is -0.137. The second kappa shape index (κ2) is 14.3. The molecule has 3 aromatic heterocycles. The van der Waals surface area contributed by atoms with Gasteiger partial charge in [0, 0.05) is 18.3 Å². The Morgan fingerprint density at radius 3 is 2.67 bits per heavy atom. The third-order valence-corrected chi connectivity index (χ3v) is 9.26. The SMILES string of the molecule is CCc1c(/C=C2\C[C@@H](CC)N(C(=O)c3ncnc(C)c3O)C2)c(=O)n2nc(C3=CCOCC3)nc2n1CC(=O)Nc1ccc(C(F)(F)F)cc1Cl. The summed E-state index contributed by atoms with van der Waals surface area (Å²) in [5, 5.41) is 17.3. The van der Waals surface area contributed by atoms with E-state index in [0.29, 0.717) is 44.0 Å². The minimum Gasteiger partial charge on any atom is -0.504 e. The first-order chi connectivity index (χ1) is 24.3. The largest absolute Gasteiger partial charge is 0.504 e. The molecule has 0 radical (unpaired) electrons. The number of aromatic nitrogens is 6. The van der Waals surface area contributed by atoms with Crippen LogP contribution in [0.25, 0.3) is 17.4 Å². The quantitative estimate of drug-likeness (QED) is 0.253. The average Bonchev–Trinajstić information content (AvgIpc) is 3.74. The fraction of sp³-hybridized carbons (Fsp3) is 0.382. The number of benzene rings is 1. The third-order valence-electron chi connectivity index (χ3n) is 8.95. The lowest BCUT2D eigenvalue weighted by Gasteiger charge is -2.23. The molecule has 0 unspecified atom stereocenters. The van der Waals surface area contributed by atoms with E-state index in [4.69, 9.17) is 16.3 Å². The van der Waals surface area contributed by atoms with Gasteiger partial charge < -0.3 is 24.6 Å². The summed E-state index contributed by atoms with van der Waals surface area (Å²) in [5.41, 5.74) is 0.915. The normalized spacial score (nSPS) is 17.3. The summed E-state index contributed by atoms with van der Waals surface area (Å²) in [5.74, 6) is -1.01. The van der Waals surface area contributed by atoms with Crippen LogP contribution in [-0.4, -0.2) is 76.8 Å². The fourth-order valence-electron chi connectivity index (χ4n) is 6.30. The Bertz CT molecular complexity index is 2160. The van der Waals surface area contributed by atoms with E-state index < -0.39 is 29.1 Å². The predicted octanol–water partition coefficient (Wildman–Crippen LogP) is 5.08. The first kappa shape index (κ1) is 35.7. The van der Waals surface area contributed by atoms with Gasteiger partial charge in [-0.3, -0.25) is 14.4 Å². The monoisotopic (exact) mass is 726 g/mol. The second-order valence-electron chi connectivity index (χ2n) is 12.2. The van der Waals surface area contributed by atoms with Gasteiger partial charge in [0.2, 0.25) is 11.7 Å². The molecule has 0 bridgehead atoms. The van der Waals surface area contributed by atoms with E-state index in [-0.39, 0.29) is 64.7 Å². The molecule has 2 aliphatic heterocycles. The number of nitrogens with zero attached hydrogens (tertiary/aromatic N) is 7. The van der Waals surface area contributed by atoms with E-state index >= 15 is 0 Å². The van der Waals surface area contributed by atoms with Crippen LogP contribution in [0.2, 0.25) is 5.02 Å². The number of nitrogens with one attached hydrogen (secondary N) is 1. The summed E-state index contributed by atoms with van der Waals surface area (Å²) in [7, 11) is 0. The van der Waals surface area contributed by atoms with Gasteiger partial charge in [0.05, 0.1) is 40.7 Å². The van der Waals surface area contributed by atoms with Gasteiger partial charge >= 0.3 is 6.18 Å². The summed E-state index contributed by atoms with van der Waals surface area (Å²) >= 11 is 6.12. The highest BCUT2D eigenvalue weighted by Crippen LogP contribution is 2.34. The van der Waals surface area contributed by atoms with Crippen molar-refractivity contribution in [3.63, 3.8) is 0 Å². The van der Waals surface area contributed by atoms with Crippen LogP contribution in [-0.2, 0) is 28.7 Å². The van der Waals surface area contributed by atoms with E-state index in [1.807, 2.05) is 19.9 Å². The van der Waals surface area contributed by atoms with Crippen LogP contribution in [0.15, 0.2) is 41.0 Å². The molecule has 51 heavy (non-hydrogen) atoms. The van der Waals surface area contributed by atoms with Gasteiger partial charge in [-0.2, -0.15) is 22.7 Å². The number of ether oxygens (including phenoxy) is 1.